The molecule has 2 aliphatic carbocycles. The van der Waals surface area contributed by atoms with Crippen LogP contribution in [0.1, 0.15) is 56.2 Å². The Balaban J connectivity index is 1.69. The third-order valence-corrected chi connectivity index (χ3v) is 6.32. The summed E-state index contributed by atoms with van der Waals surface area (Å²) in [5.74, 6) is 2.98. The highest BCUT2D eigenvalue weighted by Crippen LogP contribution is 2.41. The van der Waals surface area contributed by atoms with Crippen LogP contribution in [0.5, 0.6) is 0 Å². The summed E-state index contributed by atoms with van der Waals surface area (Å²) in [5.41, 5.74) is 4.78. The van der Waals surface area contributed by atoms with Crippen molar-refractivity contribution < 1.29 is 0 Å². The van der Waals surface area contributed by atoms with Gasteiger partial charge in [-0.3, -0.25) is 4.72 Å². The van der Waals surface area contributed by atoms with E-state index >= 15 is 0 Å². The van der Waals surface area contributed by atoms with Crippen LogP contribution in [0.25, 0.3) is 0 Å². The molecular weight excluding hydrogens is 274 g/mol. The standard InChI is InChI=1S/C19H29NS/c1-3-5-10-21-20-19-16-8-9-17(19)13-18-11-14(4-2)6-7-15(18)12-16/h6-7,11,16-17,19-20H,3-5,8-10,12-13H2,1-2H3/t16-,17+,19?/m0/s1. The van der Waals surface area contributed by atoms with Crippen molar-refractivity contribution >= 4 is 11.9 Å². The molecule has 2 bridgehead atoms. The molecule has 0 aromatic heterocycles. The number of rotatable bonds is 6. The first-order valence-electron chi connectivity index (χ1n) is 8.79. The Morgan fingerprint density at radius 1 is 1.10 bits per heavy atom. The van der Waals surface area contributed by atoms with Crippen molar-refractivity contribution in [3.63, 3.8) is 0 Å². The molecule has 1 aromatic rings. The molecule has 1 unspecified atom stereocenters. The van der Waals surface area contributed by atoms with Crippen LogP contribution in [0.4, 0.5) is 0 Å². The van der Waals surface area contributed by atoms with E-state index in [9.17, 15) is 0 Å². The zero-order valence-electron chi connectivity index (χ0n) is 13.5. The van der Waals surface area contributed by atoms with Gasteiger partial charge in [-0.15, -0.1) is 0 Å². The summed E-state index contributed by atoms with van der Waals surface area (Å²) >= 11 is 1.98. The van der Waals surface area contributed by atoms with Crippen molar-refractivity contribution in [2.24, 2.45) is 11.8 Å². The SMILES string of the molecule is CCCCSNC1[C@@H]2CC[C@H]1Cc1ccc(CC)cc1C2. The second kappa shape index (κ2) is 7.19. The molecule has 0 aliphatic heterocycles. The van der Waals surface area contributed by atoms with Crippen molar-refractivity contribution in [1.82, 2.24) is 4.72 Å². The van der Waals surface area contributed by atoms with Gasteiger partial charge in [-0.1, -0.05) is 50.4 Å². The summed E-state index contributed by atoms with van der Waals surface area (Å²) < 4.78 is 3.84. The number of fused-ring (bicyclic) bond motifs is 3. The van der Waals surface area contributed by atoms with Crippen LogP contribution in [0.15, 0.2) is 18.2 Å². The molecule has 116 valence electrons. The van der Waals surface area contributed by atoms with Crippen LogP contribution in [0, 0.1) is 11.8 Å². The summed E-state index contributed by atoms with van der Waals surface area (Å²) in [7, 11) is 0. The molecule has 1 saturated carbocycles. The Morgan fingerprint density at radius 2 is 1.86 bits per heavy atom. The number of hydrogen-bond donors (Lipinski definition) is 1. The monoisotopic (exact) mass is 303 g/mol. The Bertz CT molecular complexity index is 471. The van der Waals surface area contributed by atoms with Gasteiger partial charge < -0.3 is 0 Å². The molecule has 0 spiro atoms. The van der Waals surface area contributed by atoms with E-state index < -0.39 is 0 Å². The van der Waals surface area contributed by atoms with Gasteiger partial charge in [-0.05, 0) is 67.1 Å². The lowest BCUT2D eigenvalue weighted by Gasteiger charge is -2.23. The molecule has 1 fully saturated rings. The van der Waals surface area contributed by atoms with Crippen molar-refractivity contribution in [3.8, 4) is 0 Å². The van der Waals surface area contributed by atoms with Gasteiger partial charge in [0.05, 0.1) is 0 Å². The summed E-state index contributed by atoms with van der Waals surface area (Å²) in [6, 6.07) is 7.98. The zero-order chi connectivity index (χ0) is 14.7. The number of nitrogens with one attached hydrogen (secondary N) is 1. The van der Waals surface area contributed by atoms with Gasteiger partial charge in [0.1, 0.15) is 0 Å². The maximum atomic E-state index is 3.84. The van der Waals surface area contributed by atoms with Crippen LogP contribution in [0.3, 0.4) is 0 Å². The molecule has 21 heavy (non-hydrogen) atoms. The Morgan fingerprint density at radius 3 is 2.57 bits per heavy atom. The third-order valence-electron chi connectivity index (χ3n) is 5.39. The van der Waals surface area contributed by atoms with Gasteiger partial charge in [0.2, 0.25) is 0 Å². The number of aryl methyl sites for hydroxylation is 1. The highest BCUT2D eigenvalue weighted by molar-refractivity contribution is 7.97. The summed E-state index contributed by atoms with van der Waals surface area (Å²) in [4.78, 5) is 0. The number of unbranched alkanes of at least 4 members (excludes halogenated alkanes) is 1. The highest BCUT2D eigenvalue weighted by Gasteiger charge is 2.38. The summed E-state index contributed by atoms with van der Waals surface area (Å²) in [6.07, 6.45) is 9.23. The van der Waals surface area contributed by atoms with E-state index in [1.807, 2.05) is 11.9 Å². The van der Waals surface area contributed by atoms with Crippen LogP contribution in [-0.2, 0) is 19.3 Å². The zero-order valence-corrected chi connectivity index (χ0v) is 14.3. The van der Waals surface area contributed by atoms with Crippen LogP contribution >= 0.6 is 11.9 Å². The number of hydrogen-bond acceptors (Lipinski definition) is 2. The van der Waals surface area contributed by atoms with Crippen molar-refractivity contribution in [2.45, 2.75) is 64.8 Å². The molecule has 1 aromatic carbocycles. The minimum Gasteiger partial charge on any atom is -0.260 e. The first kappa shape index (κ1) is 15.4. The Kier molecular flexibility index (Phi) is 5.29. The number of benzene rings is 1. The fourth-order valence-electron chi connectivity index (χ4n) is 4.05. The van der Waals surface area contributed by atoms with Crippen LogP contribution in [0.2, 0.25) is 0 Å². The predicted octanol–water partition coefficient (Wildman–Crippen LogP) is 4.78. The quantitative estimate of drug-likeness (QED) is 0.599. The van der Waals surface area contributed by atoms with Gasteiger partial charge in [-0.25, -0.2) is 0 Å². The largest absolute Gasteiger partial charge is 0.260 e. The first-order chi connectivity index (χ1) is 10.3. The third kappa shape index (κ3) is 3.48. The Hall–Kier alpha value is -0.470. The average Bonchev–Trinajstić information content (AvgIpc) is 2.78. The molecule has 0 amide bonds. The lowest BCUT2D eigenvalue weighted by molar-refractivity contribution is 0.398. The molecule has 2 aliphatic rings. The van der Waals surface area contributed by atoms with Gasteiger partial charge in [0.25, 0.3) is 0 Å². The summed E-state index contributed by atoms with van der Waals surface area (Å²) in [5, 5.41) is 0. The van der Waals surface area contributed by atoms with E-state index in [2.05, 4.69) is 36.8 Å². The van der Waals surface area contributed by atoms with E-state index in [0.29, 0.717) is 0 Å². The molecule has 0 saturated heterocycles. The maximum absolute atomic E-state index is 3.84. The smallest absolute Gasteiger partial charge is 0.0234 e. The Labute approximate surface area is 134 Å². The lowest BCUT2D eigenvalue weighted by atomic mass is 9.92. The maximum Gasteiger partial charge on any atom is 0.0234 e. The van der Waals surface area contributed by atoms with Crippen LogP contribution < -0.4 is 4.72 Å². The minimum absolute atomic E-state index is 0.740. The molecule has 3 atom stereocenters. The van der Waals surface area contributed by atoms with E-state index in [1.54, 1.807) is 11.1 Å². The minimum atomic E-state index is 0.740. The normalized spacial score (nSPS) is 27.4. The summed E-state index contributed by atoms with van der Waals surface area (Å²) in [6.45, 7) is 4.54. The van der Waals surface area contributed by atoms with E-state index in [0.717, 1.165) is 24.3 Å². The van der Waals surface area contributed by atoms with Crippen molar-refractivity contribution in [2.75, 3.05) is 5.75 Å². The molecule has 2 heteroatoms. The second-order valence-electron chi connectivity index (χ2n) is 6.81. The van der Waals surface area contributed by atoms with Crippen molar-refractivity contribution in [1.29, 1.82) is 0 Å². The van der Waals surface area contributed by atoms with Gasteiger partial charge >= 0.3 is 0 Å². The van der Waals surface area contributed by atoms with Crippen molar-refractivity contribution in [3.05, 3.63) is 34.9 Å². The molecule has 1 nitrogen and oxygen atoms in total. The lowest BCUT2D eigenvalue weighted by Crippen LogP contribution is -2.34. The molecule has 0 radical (unpaired) electrons. The van der Waals surface area contributed by atoms with Gasteiger partial charge in [0, 0.05) is 11.8 Å². The molecule has 0 heterocycles. The van der Waals surface area contributed by atoms with Crippen LogP contribution in [-0.4, -0.2) is 11.8 Å². The predicted molar refractivity (Wildman–Crippen MR) is 93.7 cm³/mol. The van der Waals surface area contributed by atoms with E-state index in [4.69, 9.17) is 0 Å². The average molecular weight is 304 g/mol. The van der Waals surface area contributed by atoms with Gasteiger partial charge in [0.15, 0.2) is 0 Å². The highest BCUT2D eigenvalue weighted by atomic mass is 32.2. The van der Waals surface area contributed by atoms with E-state index in [1.165, 1.54) is 49.8 Å². The van der Waals surface area contributed by atoms with E-state index in [-0.39, 0.29) is 0 Å². The fraction of sp³-hybridized carbons (Fsp3) is 0.684. The first-order valence-corrected chi connectivity index (χ1v) is 9.78. The second-order valence-corrected chi connectivity index (χ2v) is 7.74. The molecule has 3 rings (SSSR count). The molecular formula is C19H29NS. The fourth-order valence-corrected chi connectivity index (χ4v) is 5.18. The topological polar surface area (TPSA) is 12.0 Å². The molecule has 1 N–H and O–H groups in total. The van der Waals surface area contributed by atoms with Gasteiger partial charge in [-0.2, -0.15) is 0 Å².